The Balaban J connectivity index is 2.12. The van der Waals surface area contributed by atoms with Gasteiger partial charge < -0.3 is 5.11 Å². The van der Waals surface area contributed by atoms with E-state index in [9.17, 15) is 4.79 Å². The Kier molecular flexibility index (Phi) is 3.27. The van der Waals surface area contributed by atoms with Crippen molar-refractivity contribution < 1.29 is 9.90 Å². The lowest BCUT2D eigenvalue weighted by Gasteiger charge is -2.07. The normalized spacial score (nSPS) is 10.7. The summed E-state index contributed by atoms with van der Waals surface area (Å²) >= 11 is 0. The Hall–Kier alpha value is -2.89. The molecule has 0 spiro atoms. The van der Waals surface area contributed by atoms with Crippen LogP contribution in [0.5, 0.6) is 0 Å². The highest BCUT2D eigenvalue weighted by molar-refractivity contribution is 5.83. The average Bonchev–Trinajstić information content (AvgIpc) is 2.89. The van der Waals surface area contributed by atoms with Gasteiger partial charge in [-0.3, -0.25) is 10.3 Å². The number of fused-ring (bicyclic) bond motifs is 1. The van der Waals surface area contributed by atoms with Gasteiger partial charge in [0, 0.05) is 17.6 Å². The van der Waals surface area contributed by atoms with Crippen molar-refractivity contribution in [1.82, 2.24) is 14.8 Å². The second kappa shape index (κ2) is 5.24. The molecule has 6 nitrogen and oxygen atoms in total. The summed E-state index contributed by atoms with van der Waals surface area (Å²) in [5.41, 5.74) is 2.50. The third-order valence-electron chi connectivity index (χ3n) is 3.19. The predicted octanol–water partition coefficient (Wildman–Crippen LogP) is 3.07. The monoisotopic (exact) mass is 282 g/mol. The number of nitrogens with one attached hydrogen (secondary N) is 1. The zero-order valence-electron chi connectivity index (χ0n) is 11.4. The zero-order chi connectivity index (χ0) is 14.8. The molecule has 106 valence electrons. The van der Waals surface area contributed by atoms with Gasteiger partial charge in [-0.1, -0.05) is 13.0 Å². The summed E-state index contributed by atoms with van der Waals surface area (Å²) in [6.45, 7) is 1.97. The van der Waals surface area contributed by atoms with E-state index in [0.29, 0.717) is 5.82 Å². The molecule has 1 amide bonds. The maximum absolute atomic E-state index is 10.9. The second-order valence-corrected chi connectivity index (χ2v) is 4.60. The third-order valence-corrected chi connectivity index (χ3v) is 3.19. The molecule has 0 aliphatic rings. The van der Waals surface area contributed by atoms with Crippen molar-refractivity contribution in [3.05, 3.63) is 48.3 Å². The van der Waals surface area contributed by atoms with Gasteiger partial charge in [0.25, 0.3) is 0 Å². The lowest BCUT2D eigenvalue weighted by Crippen LogP contribution is -2.11. The molecule has 3 rings (SSSR count). The van der Waals surface area contributed by atoms with E-state index in [1.165, 1.54) is 0 Å². The molecule has 0 unspecified atom stereocenters. The first kappa shape index (κ1) is 13.1. The van der Waals surface area contributed by atoms with Crippen LogP contribution in [0.4, 0.5) is 10.6 Å². The summed E-state index contributed by atoms with van der Waals surface area (Å²) < 4.78 is 1.60. The summed E-state index contributed by atoms with van der Waals surface area (Å²) in [6.07, 6.45) is 1.36. The van der Waals surface area contributed by atoms with Crippen molar-refractivity contribution in [1.29, 1.82) is 0 Å². The van der Waals surface area contributed by atoms with Crippen molar-refractivity contribution in [2.45, 2.75) is 13.3 Å². The molecule has 0 aliphatic heterocycles. The van der Waals surface area contributed by atoms with Gasteiger partial charge in [-0.05, 0) is 30.7 Å². The maximum atomic E-state index is 10.9. The molecule has 0 bridgehead atoms. The Morgan fingerprint density at radius 1 is 1.33 bits per heavy atom. The number of aryl methyl sites for hydroxylation is 1. The first-order valence-corrected chi connectivity index (χ1v) is 6.61. The standard InChI is InChI=1S/C15H14N4O2/c1-2-11-9-14(17-15(20)21)19(18-11)12-5-6-13-10(8-12)4-3-7-16-13/h3-9,17H,2H2,1H3,(H,20,21). The Morgan fingerprint density at radius 2 is 2.19 bits per heavy atom. The largest absolute Gasteiger partial charge is 0.465 e. The van der Waals surface area contributed by atoms with Crippen molar-refractivity contribution in [3.8, 4) is 5.69 Å². The van der Waals surface area contributed by atoms with Crippen LogP contribution in [0.1, 0.15) is 12.6 Å². The highest BCUT2D eigenvalue weighted by Gasteiger charge is 2.11. The molecule has 21 heavy (non-hydrogen) atoms. The van der Waals surface area contributed by atoms with Crippen LogP contribution in [0, 0.1) is 0 Å². The topological polar surface area (TPSA) is 80.0 Å². The number of anilines is 1. The number of carboxylic acid groups (broad SMARTS) is 1. The van der Waals surface area contributed by atoms with Gasteiger partial charge in [0.2, 0.25) is 0 Å². The third kappa shape index (κ3) is 2.55. The number of carbonyl (C=O) groups is 1. The molecule has 2 aromatic heterocycles. The van der Waals surface area contributed by atoms with E-state index in [0.717, 1.165) is 28.7 Å². The average molecular weight is 282 g/mol. The Bertz CT molecular complexity index is 810. The number of hydrogen-bond acceptors (Lipinski definition) is 3. The van der Waals surface area contributed by atoms with Gasteiger partial charge in [0.15, 0.2) is 0 Å². The highest BCUT2D eigenvalue weighted by Crippen LogP contribution is 2.21. The highest BCUT2D eigenvalue weighted by atomic mass is 16.4. The molecule has 0 saturated carbocycles. The molecular formula is C15H14N4O2. The molecule has 0 atom stereocenters. The molecule has 2 N–H and O–H groups in total. The smallest absolute Gasteiger partial charge is 0.410 e. The lowest BCUT2D eigenvalue weighted by molar-refractivity contribution is 0.209. The van der Waals surface area contributed by atoms with E-state index in [4.69, 9.17) is 5.11 Å². The molecule has 0 radical (unpaired) electrons. The van der Waals surface area contributed by atoms with Crippen LogP contribution < -0.4 is 5.32 Å². The number of nitrogens with zero attached hydrogens (tertiary/aromatic N) is 3. The van der Waals surface area contributed by atoms with Gasteiger partial charge in [-0.2, -0.15) is 5.10 Å². The summed E-state index contributed by atoms with van der Waals surface area (Å²) in [5.74, 6) is 0.433. The fraction of sp³-hybridized carbons (Fsp3) is 0.133. The Labute approximate surface area is 121 Å². The minimum atomic E-state index is -1.11. The first-order chi connectivity index (χ1) is 10.2. The van der Waals surface area contributed by atoms with Gasteiger partial charge in [0.1, 0.15) is 5.82 Å². The SMILES string of the molecule is CCc1cc(NC(=O)O)n(-c2ccc3ncccc3c2)n1. The summed E-state index contributed by atoms with van der Waals surface area (Å²) in [5, 5.41) is 16.7. The van der Waals surface area contributed by atoms with Crippen LogP contribution in [0.15, 0.2) is 42.6 Å². The molecule has 2 heterocycles. The molecule has 0 aliphatic carbocycles. The fourth-order valence-electron chi connectivity index (χ4n) is 2.19. The van der Waals surface area contributed by atoms with Crippen molar-refractivity contribution in [2.75, 3.05) is 5.32 Å². The maximum Gasteiger partial charge on any atom is 0.410 e. The van der Waals surface area contributed by atoms with Crippen LogP contribution in [0.25, 0.3) is 16.6 Å². The molecule has 0 saturated heterocycles. The van der Waals surface area contributed by atoms with Crippen molar-refractivity contribution >= 4 is 22.8 Å². The number of rotatable bonds is 3. The van der Waals surface area contributed by atoms with Gasteiger partial charge in [0.05, 0.1) is 16.9 Å². The van der Waals surface area contributed by atoms with E-state index in [2.05, 4.69) is 15.4 Å². The van der Waals surface area contributed by atoms with Crippen LogP contribution >= 0.6 is 0 Å². The minimum Gasteiger partial charge on any atom is -0.465 e. The van der Waals surface area contributed by atoms with Crippen LogP contribution in [-0.4, -0.2) is 26.0 Å². The Morgan fingerprint density at radius 3 is 2.95 bits per heavy atom. The lowest BCUT2D eigenvalue weighted by atomic mass is 10.2. The van der Waals surface area contributed by atoms with E-state index in [1.54, 1.807) is 16.9 Å². The summed E-state index contributed by atoms with van der Waals surface area (Å²) in [6, 6.07) is 11.3. The molecular weight excluding hydrogens is 268 g/mol. The molecule has 6 heteroatoms. The summed E-state index contributed by atoms with van der Waals surface area (Å²) in [7, 11) is 0. The quantitative estimate of drug-likeness (QED) is 0.773. The molecule has 1 aromatic carbocycles. The van der Waals surface area contributed by atoms with Crippen LogP contribution in [0.3, 0.4) is 0 Å². The summed E-state index contributed by atoms with van der Waals surface area (Å²) in [4.78, 5) is 15.2. The molecule has 0 fully saturated rings. The van der Waals surface area contributed by atoms with E-state index < -0.39 is 6.09 Å². The van der Waals surface area contributed by atoms with Crippen molar-refractivity contribution in [2.24, 2.45) is 0 Å². The van der Waals surface area contributed by atoms with E-state index >= 15 is 0 Å². The second-order valence-electron chi connectivity index (χ2n) is 4.60. The van der Waals surface area contributed by atoms with Gasteiger partial charge in [-0.15, -0.1) is 0 Å². The molecule has 3 aromatic rings. The number of pyridine rings is 1. The number of hydrogen-bond donors (Lipinski definition) is 2. The van der Waals surface area contributed by atoms with E-state index in [-0.39, 0.29) is 0 Å². The zero-order valence-corrected chi connectivity index (χ0v) is 11.4. The number of amides is 1. The van der Waals surface area contributed by atoms with Gasteiger partial charge in [-0.25, -0.2) is 9.48 Å². The minimum absolute atomic E-state index is 0.433. The van der Waals surface area contributed by atoms with Crippen molar-refractivity contribution in [3.63, 3.8) is 0 Å². The first-order valence-electron chi connectivity index (χ1n) is 6.61. The van der Waals surface area contributed by atoms with Gasteiger partial charge >= 0.3 is 6.09 Å². The number of benzene rings is 1. The number of aromatic nitrogens is 3. The predicted molar refractivity (Wildman–Crippen MR) is 79.9 cm³/mol. The van der Waals surface area contributed by atoms with Crippen LogP contribution in [-0.2, 0) is 6.42 Å². The van der Waals surface area contributed by atoms with Crippen LogP contribution in [0.2, 0.25) is 0 Å². The van der Waals surface area contributed by atoms with E-state index in [1.807, 2.05) is 37.3 Å². The fourth-order valence-corrected chi connectivity index (χ4v) is 2.19.